The lowest BCUT2D eigenvalue weighted by atomic mass is 10.1. The summed E-state index contributed by atoms with van der Waals surface area (Å²) < 4.78 is 34.0. The molecule has 0 saturated carbocycles. The molecular weight excluding hydrogens is 278 g/mol. The summed E-state index contributed by atoms with van der Waals surface area (Å²) in [4.78, 5) is 2.21. The molecule has 1 aromatic rings. The maximum absolute atomic E-state index is 12.1. The Hall–Kier alpha value is -1.24. The standard InChI is InChI=1S/C15H24F2N2O2/c1-3-19(9-10-20-4-2)14(11-18)12-5-7-13(8-6-12)21-15(16)17/h5-8,14-15H,3-4,9-11,18H2,1-2H3. The summed E-state index contributed by atoms with van der Waals surface area (Å²) in [6, 6.07) is 6.68. The topological polar surface area (TPSA) is 47.7 Å². The van der Waals surface area contributed by atoms with Crippen LogP contribution < -0.4 is 10.5 Å². The number of hydrogen-bond donors (Lipinski definition) is 1. The highest BCUT2D eigenvalue weighted by atomic mass is 19.3. The van der Waals surface area contributed by atoms with Gasteiger partial charge in [0.25, 0.3) is 0 Å². The minimum atomic E-state index is -2.81. The van der Waals surface area contributed by atoms with Crippen molar-refractivity contribution in [3.05, 3.63) is 29.8 Å². The first kappa shape index (κ1) is 17.8. The van der Waals surface area contributed by atoms with Gasteiger partial charge in [-0.1, -0.05) is 19.1 Å². The fourth-order valence-corrected chi connectivity index (χ4v) is 2.23. The van der Waals surface area contributed by atoms with Crippen LogP contribution in [-0.4, -0.2) is 44.4 Å². The van der Waals surface area contributed by atoms with Crippen LogP contribution in [-0.2, 0) is 4.74 Å². The van der Waals surface area contributed by atoms with Gasteiger partial charge in [0.2, 0.25) is 0 Å². The molecule has 1 aromatic carbocycles. The fraction of sp³-hybridized carbons (Fsp3) is 0.600. The summed E-state index contributed by atoms with van der Waals surface area (Å²) in [6.45, 7) is 4.61. The van der Waals surface area contributed by atoms with Crippen molar-refractivity contribution < 1.29 is 18.3 Å². The van der Waals surface area contributed by atoms with Crippen molar-refractivity contribution in [3.8, 4) is 5.75 Å². The second-order valence-corrected chi connectivity index (χ2v) is 4.52. The zero-order valence-corrected chi connectivity index (χ0v) is 12.6. The van der Waals surface area contributed by atoms with Gasteiger partial charge in [0.1, 0.15) is 5.75 Å². The summed E-state index contributed by atoms with van der Waals surface area (Å²) in [6.07, 6.45) is 0. The van der Waals surface area contributed by atoms with Crippen molar-refractivity contribution in [3.63, 3.8) is 0 Å². The van der Waals surface area contributed by atoms with E-state index >= 15 is 0 Å². The summed E-state index contributed by atoms with van der Waals surface area (Å²) in [5, 5.41) is 0. The molecule has 0 heterocycles. The van der Waals surface area contributed by atoms with Gasteiger partial charge in [-0.3, -0.25) is 4.90 Å². The predicted molar refractivity (Wildman–Crippen MR) is 78.6 cm³/mol. The molecule has 1 unspecified atom stereocenters. The van der Waals surface area contributed by atoms with Crippen molar-refractivity contribution in [2.24, 2.45) is 5.73 Å². The van der Waals surface area contributed by atoms with Crippen LogP contribution in [0.25, 0.3) is 0 Å². The molecule has 120 valence electrons. The number of benzene rings is 1. The Morgan fingerprint density at radius 3 is 2.33 bits per heavy atom. The van der Waals surface area contributed by atoms with Gasteiger partial charge in [-0.2, -0.15) is 8.78 Å². The van der Waals surface area contributed by atoms with E-state index in [2.05, 4.69) is 16.6 Å². The summed E-state index contributed by atoms with van der Waals surface area (Å²) in [5.74, 6) is 0.155. The van der Waals surface area contributed by atoms with Crippen molar-refractivity contribution in [1.29, 1.82) is 0 Å². The highest BCUT2D eigenvalue weighted by molar-refractivity contribution is 5.29. The van der Waals surface area contributed by atoms with E-state index in [-0.39, 0.29) is 11.8 Å². The third kappa shape index (κ3) is 5.95. The minimum absolute atomic E-state index is 0.0380. The number of hydrogen-bond acceptors (Lipinski definition) is 4. The first-order chi connectivity index (χ1) is 10.1. The molecule has 0 fully saturated rings. The first-order valence-electron chi connectivity index (χ1n) is 7.19. The van der Waals surface area contributed by atoms with E-state index in [1.54, 1.807) is 24.3 Å². The molecule has 0 aliphatic heterocycles. The van der Waals surface area contributed by atoms with Gasteiger partial charge in [-0.25, -0.2) is 0 Å². The lowest BCUT2D eigenvalue weighted by Gasteiger charge is -2.30. The Balaban J connectivity index is 2.72. The van der Waals surface area contributed by atoms with Crippen molar-refractivity contribution >= 4 is 0 Å². The Morgan fingerprint density at radius 2 is 1.86 bits per heavy atom. The van der Waals surface area contributed by atoms with Crippen LogP contribution in [0.1, 0.15) is 25.5 Å². The monoisotopic (exact) mass is 302 g/mol. The average Bonchev–Trinajstić information content (AvgIpc) is 2.47. The van der Waals surface area contributed by atoms with Gasteiger partial charge in [-0.05, 0) is 31.2 Å². The smallest absolute Gasteiger partial charge is 0.387 e. The number of nitrogens with two attached hydrogens (primary N) is 1. The Kier molecular flexibility index (Phi) is 8.19. The van der Waals surface area contributed by atoms with E-state index in [0.29, 0.717) is 19.8 Å². The second-order valence-electron chi connectivity index (χ2n) is 4.52. The summed E-state index contributed by atoms with van der Waals surface area (Å²) in [5.41, 5.74) is 6.85. The molecule has 1 rings (SSSR count). The molecule has 0 bridgehead atoms. The highest BCUT2D eigenvalue weighted by Crippen LogP contribution is 2.23. The molecule has 1 atom stereocenters. The average molecular weight is 302 g/mol. The molecule has 4 nitrogen and oxygen atoms in total. The van der Waals surface area contributed by atoms with Crippen LogP contribution in [0.4, 0.5) is 8.78 Å². The summed E-state index contributed by atoms with van der Waals surface area (Å²) >= 11 is 0. The largest absolute Gasteiger partial charge is 0.435 e. The van der Waals surface area contributed by atoms with E-state index in [0.717, 1.165) is 18.7 Å². The lowest BCUT2D eigenvalue weighted by molar-refractivity contribution is -0.0498. The van der Waals surface area contributed by atoms with E-state index in [1.165, 1.54) is 0 Å². The van der Waals surface area contributed by atoms with Crippen LogP contribution in [0, 0.1) is 0 Å². The number of likely N-dealkylation sites (N-methyl/N-ethyl adjacent to an activating group) is 1. The normalized spacial score (nSPS) is 12.9. The van der Waals surface area contributed by atoms with Crippen LogP contribution in [0.15, 0.2) is 24.3 Å². The maximum atomic E-state index is 12.1. The highest BCUT2D eigenvalue weighted by Gasteiger charge is 2.17. The van der Waals surface area contributed by atoms with Crippen LogP contribution >= 0.6 is 0 Å². The number of rotatable bonds is 10. The van der Waals surface area contributed by atoms with Crippen LogP contribution in [0.5, 0.6) is 5.75 Å². The second kappa shape index (κ2) is 9.65. The lowest BCUT2D eigenvalue weighted by Crippen LogP contribution is -2.36. The molecule has 0 saturated heterocycles. The number of ether oxygens (including phenoxy) is 2. The molecule has 6 heteroatoms. The first-order valence-corrected chi connectivity index (χ1v) is 7.19. The SMILES string of the molecule is CCOCCN(CC)C(CN)c1ccc(OC(F)F)cc1. The molecule has 0 spiro atoms. The van der Waals surface area contributed by atoms with Gasteiger partial charge < -0.3 is 15.2 Å². The zero-order chi connectivity index (χ0) is 15.7. The minimum Gasteiger partial charge on any atom is -0.435 e. The van der Waals surface area contributed by atoms with E-state index < -0.39 is 6.61 Å². The van der Waals surface area contributed by atoms with Gasteiger partial charge in [0.05, 0.1) is 6.61 Å². The Morgan fingerprint density at radius 1 is 1.19 bits per heavy atom. The van der Waals surface area contributed by atoms with Gasteiger partial charge in [0.15, 0.2) is 0 Å². The fourth-order valence-electron chi connectivity index (χ4n) is 2.23. The quantitative estimate of drug-likeness (QED) is 0.675. The van der Waals surface area contributed by atoms with Gasteiger partial charge >= 0.3 is 6.61 Å². The number of nitrogens with zero attached hydrogens (tertiary/aromatic N) is 1. The van der Waals surface area contributed by atoms with Crippen molar-refractivity contribution in [2.45, 2.75) is 26.5 Å². The molecule has 0 aliphatic carbocycles. The van der Waals surface area contributed by atoms with Gasteiger partial charge in [-0.15, -0.1) is 0 Å². The van der Waals surface area contributed by atoms with E-state index in [4.69, 9.17) is 10.5 Å². The van der Waals surface area contributed by atoms with Crippen molar-refractivity contribution in [1.82, 2.24) is 4.90 Å². The molecule has 0 radical (unpaired) electrons. The Labute approximate surface area is 124 Å². The molecule has 0 aromatic heterocycles. The maximum Gasteiger partial charge on any atom is 0.387 e. The van der Waals surface area contributed by atoms with Crippen LogP contribution in [0.3, 0.4) is 0 Å². The number of alkyl halides is 2. The Bertz CT molecular complexity index is 388. The molecule has 21 heavy (non-hydrogen) atoms. The predicted octanol–water partition coefficient (Wildman–Crippen LogP) is 2.65. The third-order valence-corrected chi connectivity index (χ3v) is 3.29. The zero-order valence-electron chi connectivity index (χ0n) is 12.6. The van der Waals surface area contributed by atoms with Gasteiger partial charge in [0, 0.05) is 25.7 Å². The van der Waals surface area contributed by atoms with E-state index in [1.807, 2.05) is 6.92 Å². The molecule has 0 aliphatic rings. The molecule has 2 N–H and O–H groups in total. The molecule has 0 amide bonds. The molecular formula is C15H24F2N2O2. The van der Waals surface area contributed by atoms with E-state index in [9.17, 15) is 8.78 Å². The summed E-state index contributed by atoms with van der Waals surface area (Å²) in [7, 11) is 0. The third-order valence-electron chi connectivity index (χ3n) is 3.29. The number of halogens is 2. The van der Waals surface area contributed by atoms with Crippen molar-refractivity contribution in [2.75, 3.05) is 32.8 Å². The van der Waals surface area contributed by atoms with Crippen LogP contribution in [0.2, 0.25) is 0 Å².